The van der Waals surface area contributed by atoms with Gasteiger partial charge >= 0.3 is 0 Å². The number of nitrogens with zero attached hydrogens (tertiary/aromatic N) is 5. The molecule has 0 amide bonds. The first kappa shape index (κ1) is 19.5. The van der Waals surface area contributed by atoms with Gasteiger partial charge in [-0.2, -0.15) is 0 Å². The first-order chi connectivity index (χ1) is 14.8. The fraction of sp³-hybridized carbons (Fsp3) is 0. The molecule has 11 nitrogen and oxygen atoms in total. The van der Waals surface area contributed by atoms with Crippen LogP contribution in [0.25, 0.3) is 33.5 Å². The maximum atomic E-state index is 11.2. The summed E-state index contributed by atoms with van der Waals surface area (Å²) in [6.45, 7) is 0. The second-order valence-corrected chi connectivity index (χ2v) is 6.47. The maximum Gasteiger partial charge on any atom is 0.271 e. The van der Waals surface area contributed by atoms with Gasteiger partial charge < -0.3 is 0 Å². The third-order valence-corrected chi connectivity index (χ3v) is 4.52. The van der Waals surface area contributed by atoms with E-state index in [1.165, 1.54) is 54.6 Å². The topological polar surface area (TPSA) is 155 Å². The van der Waals surface area contributed by atoms with Gasteiger partial charge in [-0.05, 0) is 6.07 Å². The number of nitro groups is 3. The second-order valence-electron chi connectivity index (χ2n) is 6.47. The summed E-state index contributed by atoms with van der Waals surface area (Å²) in [7, 11) is 0. The minimum Gasteiger partial charge on any atom is -0.258 e. The lowest BCUT2D eigenvalue weighted by molar-refractivity contribution is -0.385. The van der Waals surface area contributed by atoms with Gasteiger partial charge in [0.1, 0.15) is 0 Å². The third kappa shape index (κ3) is 3.74. The van der Waals surface area contributed by atoms with Crippen molar-refractivity contribution in [2.75, 3.05) is 0 Å². The zero-order chi connectivity index (χ0) is 22.1. The Morgan fingerprint density at radius 2 is 1.00 bits per heavy atom. The van der Waals surface area contributed by atoms with E-state index in [9.17, 15) is 30.3 Å². The monoisotopic (exact) mass is 417 g/mol. The number of fused-ring (bicyclic) bond motifs is 1. The van der Waals surface area contributed by atoms with Crippen LogP contribution in [-0.4, -0.2) is 24.7 Å². The van der Waals surface area contributed by atoms with E-state index in [1.54, 1.807) is 12.1 Å². The number of non-ortho nitro benzene ring substituents is 3. The normalized spacial score (nSPS) is 10.7. The van der Waals surface area contributed by atoms with Crippen molar-refractivity contribution in [3.63, 3.8) is 0 Å². The molecule has 0 saturated carbocycles. The largest absolute Gasteiger partial charge is 0.271 e. The lowest BCUT2D eigenvalue weighted by Crippen LogP contribution is -1.98. The first-order valence-electron chi connectivity index (χ1n) is 8.79. The molecule has 11 heteroatoms. The standard InChI is InChI=1S/C20H11N5O6/c26-23(27)14-5-1-3-12(9-14)19-20(13-4-2-6-15(10-13)24(28)29)22-18-11-16(25(30)31)7-8-17(18)21-19/h1-11H. The number of rotatable bonds is 5. The van der Waals surface area contributed by atoms with Crippen LogP contribution in [0, 0.1) is 30.3 Å². The van der Waals surface area contributed by atoms with Crippen molar-refractivity contribution in [1.82, 2.24) is 9.97 Å². The van der Waals surface area contributed by atoms with Crippen LogP contribution >= 0.6 is 0 Å². The molecule has 0 unspecified atom stereocenters. The maximum absolute atomic E-state index is 11.2. The minimum atomic E-state index is -0.567. The molecule has 0 N–H and O–H groups in total. The lowest BCUT2D eigenvalue weighted by atomic mass is 10.0. The van der Waals surface area contributed by atoms with Gasteiger partial charge in [-0.15, -0.1) is 0 Å². The molecular formula is C20H11N5O6. The van der Waals surface area contributed by atoms with E-state index >= 15 is 0 Å². The fourth-order valence-corrected chi connectivity index (χ4v) is 3.09. The Labute approximate surface area is 173 Å². The molecule has 0 saturated heterocycles. The van der Waals surface area contributed by atoms with Crippen molar-refractivity contribution in [2.24, 2.45) is 0 Å². The second kappa shape index (κ2) is 7.55. The summed E-state index contributed by atoms with van der Waals surface area (Å²) in [6.07, 6.45) is 0. The van der Waals surface area contributed by atoms with Crippen LogP contribution in [0.3, 0.4) is 0 Å². The first-order valence-corrected chi connectivity index (χ1v) is 8.79. The Hall–Kier alpha value is -4.80. The summed E-state index contributed by atoms with van der Waals surface area (Å²) in [5.41, 5.74) is 1.21. The van der Waals surface area contributed by atoms with Crippen LogP contribution < -0.4 is 0 Å². The van der Waals surface area contributed by atoms with E-state index in [0.29, 0.717) is 16.6 Å². The van der Waals surface area contributed by atoms with Crippen LogP contribution in [0.5, 0.6) is 0 Å². The summed E-state index contributed by atoms with van der Waals surface area (Å²) >= 11 is 0. The average molecular weight is 417 g/mol. The van der Waals surface area contributed by atoms with E-state index in [-0.39, 0.29) is 34.0 Å². The van der Waals surface area contributed by atoms with E-state index in [0.717, 1.165) is 0 Å². The van der Waals surface area contributed by atoms with E-state index in [2.05, 4.69) is 9.97 Å². The molecule has 0 fully saturated rings. The van der Waals surface area contributed by atoms with Crippen molar-refractivity contribution in [1.29, 1.82) is 0 Å². The highest BCUT2D eigenvalue weighted by atomic mass is 16.6. The highest BCUT2D eigenvalue weighted by Crippen LogP contribution is 2.34. The Balaban J connectivity index is 2.02. The zero-order valence-corrected chi connectivity index (χ0v) is 15.5. The molecule has 0 spiro atoms. The van der Waals surface area contributed by atoms with Crippen molar-refractivity contribution in [3.8, 4) is 22.5 Å². The summed E-state index contributed by atoms with van der Waals surface area (Å²) in [5, 5.41) is 33.5. The molecule has 0 aliphatic rings. The highest BCUT2D eigenvalue weighted by molar-refractivity contribution is 5.87. The van der Waals surface area contributed by atoms with Gasteiger partial charge in [0.2, 0.25) is 0 Å². The summed E-state index contributed by atoms with van der Waals surface area (Å²) in [6, 6.07) is 15.4. The lowest BCUT2D eigenvalue weighted by Gasteiger charge is -2.10. The van der Waals surface area contributed by atoms with Crippen LogP contribution in [-0.2, 0) is 0 Å². The molecular weight excluding hydrogens is 406 g/mol. The molecule has 1 aromatic heterocycles. The minimum absolute atomic E-state index is 0.159. The van der Waals surface area contributed by atoms with Crippen molar-refractivity contribution < 1.29 is 14.8 Å². The molecule has 0 aliphatic carbocycles. The molecule has 0 bridgehead atoms. The molecule has 1 heterocycles. The van der Waals surface area contributed by atoms with Gasteiger partial charge in [-0.3, -0.25) is 30.3 Å². The number of aromatic nitrogens is 2. The zero-order valence-electron chi connectivity index (χ0n) is 15.5. The van der Waals surface area contributed by atoms with E-state index < -0.39 is 14.8 Å². The molecule has 0 aliphatic heterocycles. The smallest absolute Gasteiger partial charge is 0.258 e. The number of nitro benzene ring substituents is 3. The summed E-state index contributed by atoms with van der Waals surface area (Å²) < 4.78 is 0. The van der Waals surface area contributed by atoms with Crippen LogP contribution in [0.15, 0.2) is 66.7 Å². The summed E-state index contributed by atoms with van der Waals surface area (Å²) in [4.78, 5) is 40.9. The molecule has 4 rings (SSSR count). The Bertz CT molecular complexity index is 1390. The van der Waals surface area contributed by atoms with Gasteiger partial charge in [0.05, 0.1) is 37.2 Å². The van der Waals surface area contributed by atoms with Gasteiger partial charge in [-0.25, -0.2) is 9.97 Å². The fourth-order valence-electron chi connectivity index (χ4n) is 3.09. The van der Waals surface area contributed by atoms with Crippen molar-refractivity contribution >= 4 is 28.1 Å². The number of benzene rings is 3. The van der Waals surface area contributed by atoms with Gasteiger partial charge in [0, 0.05) is 47.5 Å². The SMILES string of the molecule is O=[N+]([O-])c1cccc(-c2nc3ccc([N+](=O)[O-])cc3nc2-c2cccc([N+](=O)[O-])c2)c1. The molecule has 31 heavy (non-hydrogen) atoms. The Morgan fingerprint density at radius 3 is 1.48 bits per heavy atom. The highest BCUT2D eigenvalue weighted by Gasteiger charge is 2.19. The number of hydrogen-bond donors (Lipinski definition) is 0. The third-order valence-electron chi connectivity index (χ3n) is 4.52. The Morgan fingerprint density at radius 1 is 0.548 bits per heavy atom. The average Bonchev–Trinajstić information content (AvgIpc) is 2.77. The number of hydrogen-bond acceptors (Lipinski definition) is 8. The van der Waals surface area contributed by atoms with Crippen LogP contribution in [0.2, 0.25) is 0 Å². The molecule has 0 radical (unpaired) electrons. The van der Waals surface area contributed by atoms with Crippen LogP contribution in [0.4, 0.5) is 17.1 Å². The molecule has 0 atom stereocenters. The van der Waals surface area contributed by atoms with Crippen molar-refractivity contribution in [3.05, 3.63) is 97.1 Å². The van der Waals surface area contributed by atoms with E-state index in [1.807, 2.05) is 0 Å². The molecule has 3 aromatic carbocycles. The van der Waals surface area contributed by atoms with Gasteiger partial charge in [0.25, 0.3) is 17.1 Å². The molecule has 4 aromatic rings. The van der Waals surface area contributed by atoms with Gasteiger partial charge in [0.15, 0.2) is 0 Å². The quantitative estimate of drug-likeness (QED) is 0.334. The van der Waals surface area contributed by atoms with Gasteiger partial charge in [-0.1, -0.05) is 24.3 Å². The predicted octanol–water partition coefficient (Wildman–Crippen LogP) is 4.69. The van der Waals surface area contributed by atoms with Crippen LogP contribution in [0.1, 0.15) is 0 Å². The predicted molar refractivity (Wildman–Crippen MR) is 110 cm³/mol. The molecule has 152 valence electrons. The van der Waals surface area contributed by atoms with E-state index in [4.69, 9.17) is 0 Å². The summed E-state index contributed by atoms with van der Waals surface area (Å²) in [5.74, 6) is 0. The van der Waals surface area contributed by atoms with Crippen molar-refractivity contribution in [2.45, 2.75) is 0 Å². The Kier molecular flexibility index (Phi) is 4.76.